The summed E-state index contributed by atoms with van der Waals surface area (Å²) in [5.41, 5.74) is 6.61. The average Bonchev–Trinajstić information content (AvgIpc) is 2.89. The van der Waals surface area contributed by atoms with Gasteiger partial charge in [-0.2, -0.15) is 0 Å². The second-order valence-electron chi connectivity index (χ2n) is 11.2. The largest absolute Gasteiger partial charge is 0.513 e. The van der Waals surface area contributed by atoms with Crippen LogP contribution in [-0.2, 0) is 35.0 Å². The third kappa shape index (κ3) is 15.6. The van der Waals surface area contributed by atoms with E-state index < -0.39 is 36.5 Å². The van der Waals surface area contributed by atoms with E-state index in [1.807, 2.05) is 34.6 Å². The van der Waals surface area contributed by atoms with Gasteiger partial charge >= 0.3 is 24.2 Å². The SMILES string of the molecule is CCCCCC(=O)O[C@@H](C)[C@H](C)OC(=O)[C@@H](N)Cc1ccc(OC(=O)OCCC(C)C)c(OC(=O)OCCC(C)C)c1. The molecule has 0 aliphatic heterocycles. The Labute approximate surface area is 249 Å². The van der Waals surface area contributed by atoms with Gasteiger partial charge in [-0.1, -0.05) is 53.5 Å². The van der Waals surface area contributed by atoms with Gasteiger partial charge in [-0.05, 0) is 69.1 Å². The van der Waals surface area contributed by atoms with Crippen LogP contribution in [0.1, 0.15) is 92.6 Å². The van der Waals surface area contributed by atoms with E-state index in [-0.39, 0.29) is 37.1 Å². The highest BCUT2D eigenvalue weighted by Gasteiger charge is 2.25. The predicted molar refractivity (Wildman–Crippen MR) is 156 cm³/mol. The highest BCUT2D eigenvalue weighted by Crippen LogP contribution is 2.30. The Morgan fingerprint density at radius 1 is 0.762 bits per heavy atom. The number of carbonyl (C=O) groups is 4. The van der Waals surface area contributed by atoms with E-state index in [1.165, 1.54) is 12.1 Å². The average molecular weight is 596 g/mol. The molecule has 42 heavy (non-hydrogen) atoms. The second-order valence-corrected chi connectivity index (χ2v) is 11.2. The van der Waals surface area contributed by atoms with Crippen LogP contribution in [-0.4, -0.2) is 55.7 Å². The molecule has 0 radical (unpaired) electrons. The molecular formula is C31H49NO10. The molecule has 3 atom stereocenters. The van der Waals surface area contributed by atoms with Crippen LogP contribution in [0, 0.1) is 11.8 Å². The van der Waals surface area contributed by atoms with Crippen LogP contribution in [0.4, 0.5) is 9.59 Å². The van der Waals surface area contributed by atoms with Crippen molar-refractivity contribution in [3.8, 4) is 11.5 Å². The van der Waals surface area contributed by atoms with Crippen molar-refractivity contribution in [3.63, 3.8) is 0 Å². The molecule has 1 aromatic rings. The van der Waals surface area contributed by atoms with Gasteiger partial charge in [0.15, 0.2) is 11.5 Å². The second kappa shape index (κ2) is 19.7. The van der Waals surface area contributed by atoms with Gasteiger partial charge in [0.1, 0.15) is 18.2 Å². The molecule has 0 aliphatic rings. The van der Waals surface area contributed by atoms with Gasteiger partial charge in [0.2, 0.25) is 0 Å². The fourth-order valence-electron chi connectivity index (χ4n) is 3.42. The standard InChI is InChI=1S/C31H49NO10/c1-8-9-10-11-28(33)39-22(6)23(7)40-29(34)25(32)18-24-12-13-26(41-30(35)37-16-14-20(2)3)27(19-24)42-31(36)38-17-15-21(4)5/h12-13,19-23,25H,8-11,14-18,32H2,1-7H3/t22-,23-,25-/m0/s1. The van der Waals surface area contributed by atoms with Crippen molar-refractivity contribution < 1.29 is 47.6 Å². The highest BCUT2D eigenvalue weighted by molar-refractivity contribution is 5.76. The molecule has 1 rings (SSSR count). The molecule has 1 aromatic carbocycles. The lowest BCUT2D eigenvalue weighted by Gasteiger charge is -2.22. The minimum absolute atomic E-state index is 0.0224. The Hall–Kier alpha value is -3.34. The molecule has 238 valence electrons. The Morgan fingerprint density at radius 2 is 1.31 bits per heavy atom. The number of hydrogen-bond acceptors (Lipinski definition) is 11. The number of rotatable bonds is 18. The first-order chi connectivity index (χ1) is 19.8. The molecule has 0 amide bonds. The van der Waals surface area contributed by atoms with Gasteiger partial charge in [-0.3, -0.25) is 9.59 Å². The van der Waals surface area contributed by atoms with Gasteiger partial charge in [0.25, 0.3) is 0 Å². The number of carbonyl (C=O) groups excluding carboxylic acids is 4. The Kier molecular flexibility index (Phi) is 17.2. The van der Waals surface area contributed by atoms with E-state index in [1.54, 1.807) is 19.9 Å². The van der Waals surface area contributed by atoms with Crippen molar-refractivity contribution >= 4 is 24.2 Å². The van der Waals surface area contributed by atoms with Crippen LogP contribution >= 0.6 is 0 Å². The van der Waals surface area contributed by atoms with Crippen LogP contribution in [0.3, 0.4) is 0 Å². The number of esters is 2. The van der Waals surface area contributed by atoms with Gasteiger partial charge in [0, 0.05) is 6.42 Å². The summed E-state index contributed by atoms with van der Waals surface area (Å²) >= 11 is 0. The molecule has 0 saturated heterocycles. The number of ether oxygens (including phenoxy) is 6. The summed E-state index contributed by atoms with van der Waals surface area (Å²) in [5, 5.41) is 0. The zero-order valence-electron chi connectivity index (χ0n) is 26.1. The molecule has 0 bridgehead atoms. The smallest absolute Gasteiger partial charge is 0.459 e. The highest BCUT2D eigenvalue weighted by atomic mass is 16.7. The molecule has 0 fully saturated rings. The first-order valence-electron chi connectivity index (χ1n) is 14.8. The fourth-order valence-corrected chi connectivity index (χ4v) is 3.42. The van der Waals surface area contributed by atoms with Gasteiger partial charge in [-0.25, -0.2) is 9.59 Å². The van der Waals surface area contributed by atoms with Crippen molar-refractivity contribution in [2.45, 2.75) is 112 Å². The molecule has 11 heteroatoms. The van der Waals surface area contributed by atoms with Crippen molar-refractivity contribution in [1.82, 2.24) is 0 Å². The first kappa shape index (κ1) is 36.7. The molecular weight excluding hydrogens is 546 g/mol. The summed E-state index contributed by atoms with van der Waals surface area (Å²) in [5.74, 6) is -0.533. The fraction of sp³-hybridized carbons (Fsp3) is 0.677. The first-order valence-corrected chi connectivity index (χ1v) is 14.8. The maximum Gasteiger partial charge on any atom is 0.513 e. The van der Waals surface area contributed by atoms with Crippen molar-refractivity contribution in [3.05, 3.63) is 23.8 Å². The van der Waals surface area contributed by atoms with E-state index in [4.69, 9.17) is 34.2 Å². The van der Waals surface area contributed by atoms with E-state index >= 15 is 0 Å². The molecule has 0 aromatic heterocycles. The van der Waals surface area contributed by atoms with Gasteiger partial charge in [0.05, 0.1) is 13.2 Å². The summed E-state index contributed by atoms with van der Waals surface area (Å²) in [7, 11) is 0. The van der Waals surface area contributed by atoms with Crippen molar-refractivity contribution in [2.24, 2.45) is 17.6 Å². The third-order valence-electron chi connectivity index (χ3n) is 6.25. The molecule has 0 unspecified atom stereocenters. The number of nitrogens with two attached hydrogens (primary N) is 1. The Bertz CT molecular complexity index is 994. The summed E-state index contributed by atoms with van der Waals surface area (Å²) in [6, 6.07) is 3.35. The monoisotopic (exact) mass is 595 g/mol. The quantitative estimate of drug-likeness (QED) is 0.0904. The van der Waals surface area contributed by atoms with E-state index in [0.29, 0.717) is 36.7 Å². The van der Waals surface area contributed by atoms with Crippen LogP contribution < -0.4 is 15.2 Å². The van der Waals surface area contributed by atoms with Crippen LogP contribution in [0.5, 0.6) is 11.5 Å². The van der Waals surface area contributed by atoms with Crippen LogP contribution in [0.25, 0.3) is 0 Å². The lowest BCUT2D eigenvalue weighted by molar-refractivity contribution is -0.166. The third-order valence-corrected chi connectivity index (χ3v) is 6.25. The Morgan fingerprint density at radius 3 is 1.86 bits per heavy atom. The topological polar surface area (TPSA) is 150 Å². The lowest BCUT2D eigenvalue weighted by atomic mass is 10.1. The minimum Gasteiger partial charge on any atom is -0.459 e. The number of benzene rings is 1. The molecule has 0 spiro atoms. The van der Waals surface area contributed by atoms with Gasteiger partial charge in [-0.15, -0.1) is 0 Å². The van der Waals surface area contributed by atoms with Crippen molar-refractivity contribution in [1.29, 1.82) is 0 Å². The predicted octanol–water partition coefficient (Wildman–Crippen LogP) is 6.12. The number of unbranched alkanes of at least 4 members (excludes halogenated alkanes) is 2. The minimum atomic E-state index is -1.07. The molecule has 0 aliphatic carbocycles. The normalized spacial score (nSPS) is 13.2. The lowest BCUT2D eigenvalue weighted by Crippen LogP contribution is -2.39. The van der Waals surface area contributed by atoms with E-state index in [9.17, 15) is 19.2 Å². The van der Waals surface area contributed by atoms with Crippen LogP contribution in [0.2, 0.25) is 0 Å². The number of hydrogen-bond donors (Lipinski definition) is 1. The zero-order chi connectivity index (χ0) is 31.7. The summed E-state index contributed by atoms with van der Waals surface area (Å²) in [6.45, 7) is 13.6. The maximum atomic E-state index is 12.7. The molecule has 0 heterocycles. The maximum absolute atomic E-state index is 12.7. The van der Waals surface area contributed by atoms with Crippen molar-refractivity contribution in [2.75, 3.05) is 13.2 Å². The van der Waals surface area contributed by atoms with Crippen LogP contribution in [0.15, 0.2) is 18.2 Å². The Balaban J connectivity index is 2.87. The molecule has 2 N–H and O–H groups in total. The summed E-state index contributed by atoms with van der Waals surface area (Å²) < 4.78 is 31.6. The molecule has 0 saturated carbocycles. The van der Waals surface area contributed by atoms with E-state index in [0.717, 1.165) is 19.3 Å². The zero-order valence-corrected chi connectivity index (χ0v) is 26.1. The summed E-state index contributed by atoms with van der Waals surface area (Å²) in [4.78, 5) is 49.2. The van der Waals surface area contributed by atoms with Gasteiger partial charge < -0.3 is 34.2 Å². The van der Waals surface area contributed by atoms with E-state index in [2.05, 4.69) is 0 Å². The summed E-state index contributed by atoms with van der Waals surface area (Å²) in [6.07, 6.45) is 1.03. The molecule has 11 nitrogen and oxygen atoms in total.